The number of anilines is 1. The number of nitrogens with one attached hydrogen (secondary N) is 3. The van der Waals surface area contributed by atoms with Crippen LogP contribution in [0, 0.1) is 0 Å². The second-order valence-corrected chi connectivity index (χ2v) is 8.88. The van der Waals surface area contributed by atoms with E-state index in [1.807, 2.05) is 6.07 Å². The molecule has 0 radical (unpaired) electrons. The quantitative estimate of drug-likeness (QED) is 0.463. The van der Waals surface area contributed by atoms with Gasteiger partial charge >= 0.3 is 6.03 Å². The van der Waals surface area contributed by atoms with Gasteiger partial charge in [0.05, 0.1) is 5.75 Å². The smallest absolute Gasteiger partial charge is 0.344 e. The third kappa shape index (κ3) is 3.80. The van der Waals surface area contributed by atoms with Crippen molar-refractivity contribution in [3.05, 3.63) is 35.9 Å². The second kappa shape index (κ2) is 7.40. The van der Waals surface area contributed by atoms with Crippen LogP contribution in [0.3, 0.4) is 0 Å². The molecule has 1 aromatic carbocycles. The molecular weight excluding hydrogens is 400 g/mol. The summed E-state index contributed by atoms with van der Waals surface area (Å²) in [6.07, 6.45) is 2.27. The maximum Gasteiger partial charge on any atom is 0.344 e. The van der Waals surface area contributed by atoms with Crippen molar-refractivity contribution in [1.82, 2.24) is 25.9 Å². The van der Waals surface area contributed by atoms with Crippen molar-refractivity contribution in [3.8, 4) is 0 Å². The number of imide groups is 1. The lowest BCUT2D eigenvalue weighted by atomic mass is 9.92. The molecular formula is C17H18N6O3S2. The van der Waals surface area contributed by atoms with Gasteiger partial charge in [-0.3, -0.25) is 15.0 Å². The minimum Gasteiger partial charge on any atom is -0.357 e. The molecule has 1 atom stereocenters. The number of carbonyl (C=O) groups is 3. The Morgan fingerprint density at radius 2 is 2.07 bits per heavy atom. The van der Waals surface area contributed by atoms with Gasteiger partial charge in [-0.1, -0.05) is 53.4 Å². The molecule has 1 unspecified atom stereocenters. The molecule has 1 saturated heterocycles. The highest BCUT2D eigenvalue weighted by atomic mass is 32.2. The van der Waals surface area contributed by atoms with Crippen LogP contribution in [-0.4, -0.2) is 44.8 Å². The van der Waals surface area contributed by atoms with Gasteiger partial charge in [0.15, 0.2) is 4.34 Å². The molecule has 146 valence electrons. The number of thioether (sulfide) groups is 1. The van der Waals surface area contributed by atoms with E-state index in [4.69, 9.17) is 0 Å². The Morgan fingerprint density at radius 3 is 2.79 bits per heavy atom. The maximum absolute atomic E-state index is 12.8. The molecule has 1 aliphatic carbocycles. The average Bonchev–Trinajstić information content (AvgIpc) is 3.34. The lowest BCUT2D eigenvalue weighted by molar-refractivity contribution is -0.138. The number of benzene rings is 1. The zero-order chi connectivity index (χ0) is 19.7. The highest BCUT2D eigenvalue weighted by molar-refractivity contribution is 8.01. The van der Waals surface area contributed by atoms with Gasteiger partial charge in [0.2, 0.25) is 11.0 Å². The summed E-state index contributed by atoms with van der Waals surface area (Å²) in [5, 5.41) is 15.4. The molecule has 4 amide bonds. The van der Waals surface area contributed by atoms with Gasteiger partial charge in [0.25, 0.3) is 5.91 Å². The maximum atomic E-state index is 12.8. The van der Waals surface area contributed by atoms with E-state index >= 15 is 0 Å². The summed E-state index contributed by atoms with van der Waals surface area (Å²) >= 11 is 2.58. The molecule has 3 N–H and O–H groups in total. The molecule has 1 saturated carbocycles. The van der Waals surface area contributed by atoms with Crippen molar-refractivity contribution in [2.24, 2.45) is 0 Å². The second-order valence-electron chi connectivity index (χ2n) is 6.68. The first-order valence-corrected chi connectivity index (χ1v) is 10.5. The summed E-state index contributed by atoms with van der Waals surface area (Å²) in [4.78, 5) is 37.2. The van der Waals surface area contributed by atoms with E-state index in [1.54, 1.807) is 31.2 Å². The first-order valence-electron chi connectivity index (χ1n) is 8.70. The Kier molecular flexibility index (Phi) is 4.94. The van der Waals surface area contributed by atoms with E-state index in [-0.39, 0.29) is 5.75 Å². The van der Waals surface area contributed by atoms with E-state index in [2.05, 4.69) is 26.3 Å². The van der Waals surface area contributed by atoms with Gasteiger partial charge in [-0.25, -0.2) is 4.79 Å². The molecule has 0 bridgehead atoms. The Labute approximate surface area is 169 Å². The number of urea groups is 1. The number of carbonyl (C=O) groups excluding carboxylic acids is 3. The SMILES string of the molecule is CC1(c2ccccc2)NC(=O)N(NC(=O)CSc2nnc(NC3CC3)s2)C1=O. The number of hydrazine groups is 1. The van der Waals surface area contributed by atoms with E-state index in [0.717, 1.165) is 23.0 Å². The van der Waals surface area contributed by atoms with E-state index < -0.39 is 23.4 Å². The molecule has 2 aromatic rings. The van der Waals surface area contributed by atoms with Crippen LogP contribution in [-0.2, 0) is 15.1 Å². The summed E-state index contributed by atoms with van der Waals surface area (Å²) in [5.41, 5.74) is 1.80. The van der Waals surface area contributed by atoms with Gasteiger partial charge in [0.1, 0.15) is 5.54 Å². The molecule has 0 spiro atoms. The fourth-order valence-electron chi connectivity index (χ4n) is 2.72. The fourth-order valence-corrected chi connectivity index (χ4v) is 4.34. The lowest BCUT2D eigenvalue weighted by Crippen LogP contribution is -2.48. The van der Waals surface area contributed by atoms with Crippen molar-refractivity contribution in [2.75, 3.05) is 11.1 Å². The zero-order valence-corrected chi connectivity index (χ0v) is 16.6. The molecule has 9 nitrogen and oxygen atoms in total. The normalized spacial score (nSPS) is 21.5. The summed E-state index contributed by atoms with van der Waals surface area (Å²) in [7, 11) is 0. The number of amides is 4. The Hall–Kier alpha value is -2.66. The minimum atomic E-state index is -1.22. The summed E-state index contributed by atoms with van der Waals surface area (Å²) in [5.74, 6) is -0.997. The summed E-state index contributed by atoms with van der Waals surface area (Å²) in [6, 6.07) is 8.71. The Bertz CT molecular complexity index is 917. The van der Waals surface area contributed by atoms with Crippen LogP contribution in [0.1, 0.15) is 25.3 Å². The molecule has 2 aliphatic rings. The van der Waals surface area contributed by atoms with Crippen molar-refractivity contribution in [1.29, 1.82) is 0 Å². The molecule has 1 aliphatic heterocycles. The predicted octanol–water partition coefficient (Wildman–Crippen LogP) is 1.70. The molecule has 2 fully saturated rings. The van der Waals surface area contributed by atoms with Gasteiger partial charge in [-0.2, -0.15) is 5.01 Å². The molecule has 1 aromatic heterocycles. The number of rotatable bonds is 7. The van der Waals surface area contributed by atoms with Crippen molar-refractivity contribution >= 4 is 46.1 Å². The van der Waals surface area contributed by atoms with E-state index in [0.29, 0.717) is 15.9 Å². The largest absolute Gasteiger partial charge is 0.357 e. The minimum absolute atomic E-state index is 0.0111. The molecule has 4 rings (SSSR count). The first kappa shape index (κ1) is 18.7. The van der Waals surface area contributed by atoms with Gasteiger partial charge in [-0.05, 0) is 25.3 Å². The molecule has 28 heavy (non-hydrogen) atoms. The van der Waals surface area contributed by atoms with Crippen LogP contribution in [0.4, 0.5) is 9.93 Å². The Morgan fingerprint density at radius 1 is 1.32 bits per heavy atom. The van der Waals surface area contributed by atoms with Crippen LogP contribution < -0.4 is 16.1 Å². The van der Waals surface area contributed by atoms with Crippen molar-refractivity contribution in [3.63, 3.8) is 0 Å². The van der Waals surface area contributed by atoms with Crippen LogP contribution in [0.5, 0.6) is 0 Å². The van der Waals surface area contributed by atoms with Crippen LogP contribution in [0.25, 0.3) is 0 Å². The fraction of sp³-hybridized carbons (Fsp3) is 0.353. The summed E-state index contributed by atoms with van der Waals surface area (Å²) < 4.78 is 0.643. The highest BCUT2D eigenvalue weighted by Gasteiger charge is 2.49. The van der Waals surface area contributed by atoms with Crippen molar-refractivity contribution < 1.29 is 14.4 Å². The molecule has 11 heteroatoms. The standard InChI is InChI=1S/C17H18N6O3S2/c1-17(10-5-3-2-4-6-10)13(25)23(15(26)19-17)22-12(24)9-27-16-21-20-14(28-16)18-11-7-8-11/h2-6,11H,7-9H2,1H3,(H,18,20)(H,19,26)(H,22,24). The van der Waals surface area contributed by atoms with Gasteiger partial charge < -0.3 is 10.6 Å². The average molecular weight is 419 g/mol. The lowest BCUT2D eigenvalue weighted by Gasteiger charge is -2.22. The third-order valence-electron chi connectivity index (χ3n) is 4.42. The number of hydrogen-bond donors (Lipinski definition) is 3. The number of hydrogen-bond acceptors (Lipinski definition) is 8. The first-order chi connectivity index (χ1) is 13.5. The van der Waals surface area contributed by atoms with E-state index in [1.165, 1.54) is 23.1 Å². The zero-order valence-electron chi connectivity index (χ0n) is 15.0. The Balaban J connectivity index is 1.34. The van der Waals surface area contributed by atoms with Crippen LogP contribution in [0.2, 0.25) is 0 Å². The van der Waals surface area contributed by atoms with Crippen LogP contribution in [0.15, 0.2) is 34.7 Å². The van der Waals surface area contributed by atoms with Gasteiger partial charge in [0, 0.05) is 6.04 Å². The number of aromatic nitrogens is 2. The predicted molar refractivity (Wildman–Crippen MR) is 105 cm³/mol. The highest BCUT2D eigenvalue weighted by Crippen LogP contribution is 2.30. The van der Waals surface area contributed by atoms with E-state index in [9.17, 15) is 14.4 Å². The van der Waals surface area contributed by atoms with Crippen LogP contribution >= 0.6 is 23.1 Å². The number of nitrogens with zero attached hydrogens (tertiary/aromatic N) is 3. The third-order valence-corrected chi connectivity index (χ3v) is 6.40. The monoisotopic (exact) mass is 418 g/mol. The molecule has 2 heterocycles. The van der Waals surface area contributed by atoms with Gasteiger partial charge in [-0.15, -0.1) is 10.2 Å². The van der Waals surface area contributed by atoms with Crippen molar-refractivity contribution in [2.45, 2.75) is 35.7 Å². The topological polar surface area (TPSA) is 116 Å². The summed E-state index contributed by atoms with van der Waals surface area (Å²) in [6.45, 7) is 1.61.